The number of thiophene rings is 1. The second kappa shape index (κ2) is 18.4. The fraction of sp³-hybridized carbons (Fsp3) is 0.370. The number of carboxylic acids is 3. The van der Waals surface area contributed by atoms with Crippen LogP contribution in [0.15, 0.2) is 58.8 Å². The SMILES string of the molecule is NCc1ccc(CCCN(CCNS(=O)(=O)c2cc3ccccc3s2)CCC(=O)O)cc1.O=C(O)C(F)(F)F.O=C(O)C(F)(F)F. The van der Waals surface area contributed by atoms with Crippen molar-refractivity contribution in [1.29, 1.82) is 0 Å². The summed E-state index contributed by atoms with van der Waals surface area (Å²) in [6, 6.07) is 17.4. The van der Waals surface area contributed by atoms with E-state index in [-0.39, 0.29) is 17.2 Å². The zero-order valence-corrected chi connectivity index (χ0v) is 25.5. The number of alkyl halides is 6. The molecule has 0 radical (unpaired) electrons. The van der Waals surface area contributed by atoms with E-state index in [0.29, 0.717) is 26.2 Å². The van der Waals surface area contributed by atoms with Gasteiger partial charge in [0, 0.05) is 30.9 Å². The molecule has 0 saturated heterocycles. The minimum atomic E-state index is -5.08. The number of hydrogen-bond acceptors (Lipinski definition) is 8. The lowest BCUT2D eigenvalue weighted by Crippen LogP contribution is -2.36. The summed E-state index contributed by atoms with van der Waals surface area (Å²) >= 11 is 1.24. The summed E-state index contributed by atoms with van der Waals surface area (Å²) in [6.45, 7) is 2.26. The molecule has 0 aliphatic rings. The normalized spacial score (nSPS) is 11.7. The van der Waals surface area contributed by atoms with Gasteiger partial charge in [0.25, 0.3) is 0 Å². The van der Waals surface area contributed by atoms with Crippen LogP contribution in [0.1, 0.15) is 24.0 Å². The van der Waals surface area contributed by atoms with Gasteiger partial charge in [-0.05, 0) is 48.0 Å². The van der Waals surface area contributed by atoms with E-state index in [1.807, 2.05) is 41.3 Å². The van der Waals surface area contributed by atoms with Crippen LogP contribution < -0.4 is 10.5 Å². The van der Waals surface area contributed by atoms with Crippen LogP contribution in [0.4, 0.5) is 26.3 Å². The van der Waals surface area contributed by atoms with Crippen LogP contribution in [-0.2, 0) is 37.4 Å². The van der Waals surface area contributed by atoms with Gasteiger partial charge in [0.05, 0.1) is 6.42 Å². The zero-order chi connectivity index (χ0) is 35.1. The summed E-state index contributed by atoms with van der Waals surface area (Å²) in [4.78, 5) is 30.8. The molecule has 0 unspecified atom stereocenters. The average Bonchev–Trinajstić information content (AvgIpc) is 3.41. The van der Waals surface area contributed by atoms with E-state index < -0.39 is 40.3 Å². The maximum atomic E-state index is 12.7. The minimum absolute atomic E-state index is 0.0221. The van der Waals surface area contributed by atoms with Crippen LogP contribution in [0.2, 0.25) is 0 Å². The van der Waals surface area contributed by atoms with Gasteiger partial charge in [0.15, 0.2) is 0 Å². The predicted molar refractivity (Wildman–Crippen MR) is 156 cm³/mol. The van der Waals surface area contributed by atoms with Crippen LogP contribution in [-0.4, -0.2) is 85.1 Å². The van der Waals surface area contributed by atoms with E-state index in [1.165, 1.54) is 16.9 Å². The topological polar surface area (TPSA) is 187 Å². The number of carbonyl (C=O) groups is 3. The Labute approximate surface area is 263 Å². The van der Waals surface area contributed by atoms with Crippen molar-refractivity contribution in [1.82, 2.24) is 9.62 Å². The lowest BCUT2D eigenvalue weighted by molar-refractivity contribution is -0.193. The van der Waals surface area contributed by atoms with E-state index in [9.17, 15) is 39.6 Å². The Morgan fingerprint density at radius 1 is 0.826 bits per heavy atom. The van der Waals surface area contributed by atoms with Crippen molar-refractivity contribution in [2.75, 3.05) is 26.2 Å². The highest BCUT2D eigenvalue weighted by Crippen LogP contribution is 2.28. The number of aryl methyl sites for hydroxylation is 1. The van der Waals surface area contributed by atoms with Crippen molar-refractivity contribution >= 4 is 49.4 Å². The molecule has 0 amide bonds. The second-order valence-electron chi connectivity index (χ2n) is 9.22. The van der Waals surface area contributed by atoms with Gasteiger partial charge >= 0.3 is 30.3 Å². The molecule has 2 aromatic carbocycles. The summed E-state index contributed by atoms with van der Waals surface area (Å²) in [6.07, 6.45) is -8.43. The van der Waals surface area contributed by atoms with Gasteiger partial charge in [0.1, 0.15) is 4.21 Å². The van der Waals surface area contributed by atoms with E-state index in [1.54, 1.807) is 6.07 Å². The maximum Gasteiger partial charge on any atom is 0.490 e. The van der Waals surface area contributed by atoms with Crippen molar-refractivity contribution < 1.29 is 64.5 Å². The van der Waals surface area contributed by atoms with Crippen molar-refractivity contribution in [3.05, 3.63) is 65.7 Å². The molecule has 0 bridgehead atoms. The molecule has 0 spiro atoms. The number of rotatable bonds is 13. The molecule has 3 rings (SSSR count). The van der Waals surface area contributed by atoms with Gasteiger partial charge in [-0.15, -0.1) is 11.3 Å². The third kappa shape index (κ3) is 15.5. The van der Waals surface area contributed by atoms with Crippen LogP contribution in [0.25, 0.3) is 10.1 Å². The number of nitrogens with zero attached hydrogens (tertiary/aromatic N) is 1. The summed E-state index contributed by atoms with van der Waals surface area (Å²) in [5, 5.41) is 24.2. The molecular weight excluding hydrogens is 672 g/mol. The first-order valence-corrected chi connectivity index (χ1v) is 15.4. The van der Waals surface area contributed by atoms with Crippen molar-refractivity contribution in [2.24, 2.45) is 5.73 Å². The largest absolute Gasteiger partial charge is 0.490 e. The number of carboxylic acid groups (broad SMARTS) is 3. The summed E-state index contributed by atoms with van der Waals surface area (Å²) in [5.41, 5.74) is 7.91. The molecular formula is C27H31F6N3O8S2. The second-order valence-corrected chi connectivity index (χ2v) is 12.3. The summed E-state index contributed by atoms with van der Waals surface area (Å²) in [5.74, 6) is -6.38. The number of hydrogen-bond donors (Lipinski definition) is 5. The van der Waals surface area contributed by atoms with E-state index in [4.69, 9.17) is 30.6 Å². The smallest absolute Gasteiger partial charge is 0.481 e. The number of halogens is 6. The monoisotopic (exact) mass is 703 g/mol. The number of nitrogens with two attached hydrogens (primary N) is 1. The quantitative estimate of drug-likeness (QED) is 0.161. The third-order valence-electron chi connectivity index (χ3n) is 5.71. The molecule has 0 fully saturated rings. The fourth-order valence-corrected chi connectivity index (χ4v) is 5.90. The molecule has 3 aromatic rings. The molecule has 1 heterocycles. The Hall–Kier alpha value is -3.78. The molecule has 19 heteroatoms. The first-order chi connectivity index (χ1) is 21.3. The molecule has 11 nitrogen and oxygen atoms in total. The van der Waals surface area contributed by atoms with Gasteiger partial charge in [-0.25, -0.2) is 22.7 Å². The van der Waals surface area contributed by atoms with Crippen LogP contribution in [0.3, 0.4) is 0 Å². The third-order valence-corrected chi connectivity index (χ3v) is 8.76. The molecule has 0 atom stereocenters. The lowest BCUT2D eigenvalue weighted by Gasteiger charge is -2.21. The number of aliphatic carboxylic acids is 3. The number of fused-ring (bicyclic) bond motifs is 1. The predicted octanol–water partition coefficient (Wildman–Crippen LogP) is 4.31. The Morgan fingerprint density at radius 2 is 1.35 bits per heavy atom. The van der Waals surface area contributed by atoms with Gasteiger partial charge in [-0.3, -0.25) is 4.79 Å². The molecule has 6 N–H and O–H groups in total. The number of nitrogens with one attached hydrogen (secondary N) is 1. The van der Waals surface area contributed by atoms with Crippen LogP contribution >= 0.6 is 11.3 Å². The van der Waals surface area contributed by atoms with Crippen molar-refractivity contribution in [2.45, 2.75) is 42.4 Å². The molecule has 1 aromatic heterocycles. The first kappa shape index (κ1) is 40.2. The molecule has 46 heavy (non-hydrogen) atoms. The Balaban J connectivity index is 0.000000629. The fourth-order valence-electron chi connectivity index (χ4n) is 3.44. The zero-order valence-electron chi connectivity index (χ0n) is 23.8. The average molecular weight is 704 g/mol. The first-order valence-electron chi connectivity index (χ1n) is 13.1. The Morgan fingerprint density at radius 3 is 1.83 bits per heavy atom. The van der Waals surface area contributed by atoms with E-state index >= 15 is 0 Å². The highest BCUT2D eigenvalue weighted by molar-refractivity contribution is 7.91. The van der Waals surface area contributed by atoms with Crippen LogP contribution in [0, 0.1) is 0 Å². The summed E-state index contributed by atoms with van der Waals surface area (Å²) < 4.78 is 92.7. The molecule has 256 valence electrons. The van der Waals surface area contributed by atoms with E-state index in [2.05, 4.69) is 16.9 Å². The highest BCUT2D eigenvalue weighted by Gasteiger charge is 2.38. The maximum absolute atomic E-state index is 12.7. The lowest BCUT2D eigenvalue weighted by atomic mass is 10.1. The van der Waals surface area contributed by atoms with Crippen molar-refractivity contribution in [3.8, 4) is 0 Å². The Kier molecular flexibility index (Phi) is 16.1. The van der Waals surface area contributed by atoms with Gasteiger partial charge < -0.3 is 26.0 Å². The van der Waals surface area contributed by atoms with Gasteiger partial charge in [0.2, 0.25) is 10.0 Å². The number of benzene rings is 2. The highest BCUT2D eigenvalue weighted by atomic mass is 32.2. The van der Waals surface area contributed by atoms with E-state index in [0.717, 1.165) is 28.5 Å². The summed E-state index contributed by atoms with van der Waals surface area (Å²) in [7, 11) is -3.60. The standard InChI is InChI=1S/C23H29N3O4S2.2C2HF3O2/c24-17-19-9-7-18(8-10-19)4-3-13-26(14-11-22(27)28)15-12-25-32(29,30)23-16-20-5-1-2-6-21(20)31-23;2*3-2(4,5)1(6)7/h1-2,5-10,16,25H,3-4,11-15,17,24H2,(H,27,28);2*(H,6,7). The van der Waals surface area contributed by atoms with Gasteiger partial charge in [-0.2, -0.15) is 26.3 Å². The van der Waals surface area contributed by atoms with Crippen LogP contribution in [0.5, 0.6) is 0 Å². The minimum Gasteiger partial charge on any atom is -0.481 e. The van der Waals surface area contributed by atoms with Crippen molar-refractivity contribution in [3.63, 3.8) is 0 Å². The molecule has 0 saturated carbocycles. The van der Waals surface area contributed by atoms with Gasteiger partial charge in [-0.1, -0.05) is 42.5 Å². The number of sulfonamides is 1. The molecule has 0 aliphatic heterocycles. The Bertz CT molecular complexity index is 1470. The molecule has 0 aliphatic carbocycles.